The third kappa shape index (κ3) is 17.2. The summed E-state index contributed by atoms with van der Waals surface area (Å²) in [5.74, 6) is -1.82. The van der Waals surface area contributed by atoms with Crippen LogP contribution in [-0.4, -0.2) is 52.6 Å². The first-order chi connectivity index (χ1) is 12.3. The Kier molecular flexibility index (Phi) is 18.6. The van der Waals surface area contributed by atoms with Gasteiger partial charge in [0.2, 0.25) is 5.91 Å². The average Bonchev–Trinajstić information content (AvgIpc) is 2.56. The average molecular weight is 375 g/mol. The number of nitrogens with two attached hydrogens (primary N) is 1. The second-order valence-electron chi connectivity index (χ2n) is 6.53. The zero-order valence-electron chi connectivity index (χ0n) is 16.7. The van der Waals surface area contributed by atoms with Crippen molar-refractivity contribution in [3.8, 4) is 0 Å². The van der Waals surface area contributed by atoms with Crippen molar-refractivity contribution < 1.29 is 24.6 Å². The quantitative estimate of drug-likeness (QED) is 0.401. The summed E-state index contributed by atoms with van der Waals surface area (Å²) in [5.41, 5.74) is 5.42. The Balaban J connectivity index is 0. The molecule has 0 heterocycles. The third-order valence-electron chi connectivity index (χ3n) is 4.07. The number of nitrogens with zero attached hydrogens (tertiary/aromatic N) is 1. The molecule has 0 bridgehead atoms. The van der Waals surface area contributed by atoms with E-state index in [0.717, 1.165) is 39.0 Å². The number of hydrogen-bond donors (Lipinski definition) is 3. The van der Waals surface area contributed by atoms with E-state index in [-0.39, 0.29) is 5.91 Å². The summed E-state index contributed by atoms with van der Waals surface area (Å²) in [4.78, 5) is 33.8. The summed E-state index contributed by atoms with van der Waals surface area (Å²) in [6, 6.07) is -0.719. The highest BCUT2D eigenvalue weighted by molar-refractivity contribution is 5.83. The van der Waals surface area contributed by atoms with Crippen molar-refractivity contribution in [1.82, 2.24) is 4.90 Å². The number of rotatable bonds is 14. The van der Waals surface area contributed by atoms with Gasteiger partial charge >= 0.3 is 5.97 Å². The smallest absolute Gasteiger partial charge is 0.326 e. The molecule has 0 rings (SSSR count). The highest BCUT2D eigenvalue weighted by Gasteiger charge is 2.25. The van der Waals surface area contributed by atoms with Crippen LogP contribution < -0.4 is 5.73 Å². The SMILES string of the molecule is CC(=O)O.CCCCCCCCCC(=O)N(C)[C@@H](CCCCN)C(=O)O. The van der Waals surface area contributed by atoms with E-state index in [4.69, 9.17) is 15.6 Å². The Morgan fingerprint density at radius 3 is 1.88 bits per heavy atom. The maximum absolute atomic E-state index is 12.1. The number of carboxylic acids is 2. The molecule has 0 unspecified atom stereocenters. The first kappa shape index (κ1) is 26.6. The van der Waals surface area contributed by atoms with E-state index in [1.165, 1.54) is 30.6 Å². The molecule has 26 heavy (non-hydrogen) atoms. The molecule has 0 aromatic heterocycles. The lowest BCUT2D eigenvalue weighted by Gasteiger charge is -2.25. The molecular weight excluding hydrogens is 336 g/mol. The van der Waals surface area contributed by atoms with Crippen LogP contribution in [0.25, 0.3) is 0 Å². The highest BCUT2D eigenvalue weighted by Crippen LogP contribution is 2.12. The molecule has 0 aromatic rings. The normalized spacial score (nSPS) is 11.2. The van der Waals surface area contributed by atoms with Gasteiger partial charge in [-0.2, -0.15) is 0 Å². The summed E-state index contributed by atoms with van der Waals surface area (Å²) >= 11 is 0. The summed E-state index contributed by atoms with van der Waals surface area (Å²) in [7, 11) is 1.60. The van der Waals surface area contributed by atoms with Crippen LogP contribution in [-0.2, 0) is 14.4 Å². The molecule has 0 radical (unpaired) electrons. The van der Waals surface area contributed by atoms with Crippen LogP contribution in [0, 0.1) is 0 Å². The second kappa shape index (κ2) is 18.2. The lowest BCUT2D eigenvalue weighted by Crippen LogP contribution is -2.42. The van der Waals surface area contributed by atoms with Gasteiger partial charge in [0, 0.05) is 20.4 Å². The minimum absolute atomic E-state index is 0.0614. The number of hydrogen-bond acceptors (Lipinski definition) is 4. The number of likely N-dealkylation sites (N-methyl/N-ethyl adjacent to an activating group) is 1. The van der Waals surface area contributed by atoms with Gasteiger partial charge in [-0.05, 0) is 32.2 Å². The molecular formula is C19H38N2O5. The van der Waals surface area contributed by atoms with Gasteiger partial charge in [0.05, 0.1) is 0 Å². The van der Waals surface area contributed by atoms with Gasteiger partial charge in [-0.25, -0.2) is 4.79 Å². The van der Waals surface area contributed by atoms with Crippen molar-refractivity contribution >= 4 is 17.8 Å². The Morgan fingerprint density at radius 2 is 1.42 bits per heavy atom. The lowest BCUT2D eigenvalue weighted by atomic mass is 10.1. The maximum atomic E-state index is 12.1. The van der Waals surface area contributed by atoms with E-state index >= 15 is 0 Å². The summed E-state index contributed by atoms with van der Waals surface area (Å²) in [6.07, 6.45) is 10.5. The van der Waals surface area contributed by atoms with Gasteiger partial charge in [0.1, 0.15) is 6.04 Å². The van der Waals surface area contributed by atoms with Crippen LogP contribution >= 0.6 is 0 Å². The number of unbranched alkanes of at least 4 members (excludes halogenated alkanes) is 7. The topological polar surface area (TPSA) is 121 Å². The molecule has 0 spiro atoms. The first-order valence-corrected chi connectivity index (χ1v) is 9.65. The Bertz CT molecular complexity index is 384. The van der Waals surface area contributed by atoms with E-state index < -0.39 is 18.0 Å². The van der Waals surface area contributed by atoms with Gasteiger partial charge in [-0.15, -0.1) is 0 Å². The van der Waals surface area contributed by atoms with Gasteiger partial charge in [-0.1, -0.05) is 45.4 Å². The minimum Gasteiger partial charge on any atom is -0.481 e. The highest BCUT2D eigenvalue weighted by atomic mass is 16.4. The summed E-state index contributed by atoms with van der Waals surface area (Å²) < 4.78 is 0. The van der Waals surface area contributed by atoms with Crippen LogP contribution in [0.2, 0.25) is 0 Å². The molecule has 0 fully saturated rings. The van der Waals surface area contributed by atoms with Crippen molar-refractivity contribution in [3.05, 3.63) is 0 Å². The number of carbonyl (C=O) groups is 3. The molecule has 0 aliphatic carbocycles. The van der Waals surface area contributed by atoms with Crippen LogP contribution in [0.4, 0.5) is 0 Å². The third-order valence-corrected chi connectivity index (χ3v) is 4.07. The molecule has 0 saturated heterocycles. The van der Waals surface area contributed by atoms with Crippen molar-refractivity contribution in [2.45, 2.75) is 90.5 Å². The fourth-order valence-electron chi connectivity index (χ4n) is 2.55. The molecule has 154 valence electrons. The monoisotopic (exact) mass is 374 g/mol. The number of carbonyl (C=O) groups excluding carboxylic acids is 1. The number of aliphatic carboxylic acids is 2. The Labute approximate surface area is 157 Å². The fraction of sp³-hybridized carbons (Fsp3) is 0.842. The molecule has 1 amide bonds. The Hall–Kier alpha value is -1.63. The minimum atomic E-state index is -0.924. The largest absolute Gasteiger partial charge is 0.481 e. The fourth-order valence-corrected chi connectivity index (χ4v) is 2.55. The van der Waals surface area contributed by atoms with Crippen LogP contribution in [0.3, 0.4) is 0 Å². The predicted octanol–water partition coefficient (Wildman–Crippen LogP) is 3.26. The van der Waals surface area contributed by atoms with Gasteiger partial charge < -0.3 is 20.8 Å². The van der Waals surface area contributed by atoms with E-state index in [0.29, 0.717) is 19.4 Å². The molecule has 0 aliphatic heterocycles. The van der Waals surface area contributed by atoms with E-state index in [2.05, 4.69) is 6.92 Å². The van der Waals surface area contributed by atoms with Gasteiger partial charge in [0.15, 0.2) is 0 Å². The summed E-state index contributed by atoms with van der Waals surface area (Å²) in [6.45, 7) is 3.84. The van der Waals surface area contributed by atoms with Crippen molar-refractivity contribution in [3.63, 3.8) is 0 Å². The standard InChI is InChI=1S/C17H34N2O3.C2H4O2/c1-3-4-5-6-7-8-9-13-16(20)19(2)15(17(21)22)12-10-11-14-18;1-2(3)4/h15H,3-14,18H2,1-2H3,(H,21,22);1H3,(H,3,4)/t15-;/m0./s1. The number of amides is 1. The first-order valence-electron chi connectivity index (χ1n) is 9.65. The molecule has 0 aliphatic rings. The molecule has 7 nitrogen and oxygen atoms in total. The molecule has 0 aromatic carbocycles. The van der Waals surface area contributed by atoms with Gasteiger partial charge in [0.25, 0.3) is 5.97 Å². The van der Waals surface area contributed by atoms with Crippen molar-refractivity contribution in [1.29, 1.82) is 0 Å². The van der Waals surface area contributed by atoms with Crippen molar-refractivity contribution in [2.75, 3.05) is 13.6 Å². The predicted molar refractivity (Wildman–Crippen MR) is 103 cm³/mol. The van der Waals surface area contributed by atoms with Gasteiger partial charge in [-0.3, -0.25) is 9.59 Å². The van der Waals surface area contributed by atoms with Crippen LogP contribution in [0.15, 0.2) is 0 Å². The molecule has 7 heteroatoms. The molecule has 4 N–H and O–H groups in total. The van der Waals surface area contributed by atoms with E-state index in [9.17, 15) is 14.7 Å². The molecule has 0 saturated carbocycles. The molecule has 1 atom stereocenters. The number of carboxylic acid groups (broad SMARTS) is 2. The van der Waals surface area contributed by atoms with E-state index in [1.807, 2.05) is 0 Å². The van der Waals surface area contributed by atoms with E-state index in [1.54, 1.807) is 7.05 Å². The second-order valence-corrected chi connectivity index (χ2v) is 6.53. The zero-order valence-corrected chi connectivity index (χ0v) is 16.7. The van der Waals surface area contributed by atoms with Crippen LogP contribution in [0.1, 0.15) is 84.5 Å². The maximum Gasteiger partial charge on any atom is 0.326 e. The van der Waals surface area contributed by atoms with Crippen LogP contribution in [0.5, 0.6) is 0 Å². The summed E-state index contributed by atoms with van der Waals surface area (Å²) in [5, 5.41) is 16.7. The zero-order chi connectivity index (χ0) is 20.4. The Morgan fingerprint density at radius 1 is 0.923 bits per heavy atom. The van der Waals surface area contributed by atoms with Crippen molar-refractivity contribution in [2.24, 2.45) is 5.73 Å². The lowest BCUT2D eigenvalue weighted by molar-refractivity contribution is -0.149.